The lowest BCUT2D eigenvalue weighted by Crippen LogP contribution is -2.22. The first kappa shape index (κ1) is 19.2. The molecule has 0 spiro atoms. The van der Waals surface area contributed by atoms with E-state index in [9.17, 15) is 9.59 Å². The van der Waals surface area contributed by atoms with Crippen molar-refractivity contribution in [1.29, 1.82) is 0 Å². The Morgan fingerprint density at radius 3 is 2.37 bits per heavy atom. The number of hydrogen-bond acceptors (Lipinski definition) is 3. The lowest BCUT2D eigenvalue weighted by atomic mass is 10.0. The number of nitrogens with one attached hydrogen (secondary N) is 1. The Hall–Kier alpha value is -2.59. The van der Waals surface area contributed by atoms with Crippen molar-refractivity contribution in [2.24, 2.45) is 0 Å². The third-order valence-electron chi connectivity index (χ3n) is 4.43. The van der Waals surface area contributed by atoms with E-state index in [0.29, 0.717) is 6.54 Å². The molecule has 138 valence electrons. The van der Waals surface area contributed by atoms with Gasteiger partial charge in [-0.3, -0.25) is 9.59 Å². The van der Waals surface area contributed by atoms with Crippen LogP contribution in [0.1, 0.15) is 29.8 Å². The van der Waals surface area contributed by atoms with Crippen molar-refractivity contribution in [2.75, 3.05) is 6.54 Å². The summed E-state index contributed by atoms with van der Waals surface area (Å²) in [6.07, 6.45) is 0.759. The van der Waals surface area contributed by atoms with Gasteiger partial charge in [-0.15, -0.1) is 11.8 Å². The highest BCUT2D eigenvalue weighted by atomic mass is 32.2. The van der Waals surface area contributed by atoms with Crippen LogP contribution in [0.5, 0.6) is 0 Å². The molecular weight excluding hydrogens is 354 g/mol. The predicted molar refractivity (Wildman–Crippen MR) is 112 cm³/mol. The third kappa shape index (κ3) is 5.20. The number of carbonyl (C=O) groups is 2. The zero-order valence-electron chi connectivity index (χ0n) is 15.6. The number of Topliss-reactive ketones (excluding diaryl/α,β-unsaturated/α-hetero) is 1. The van der Waals surface area contributed by atoms with Gasteiger partial charge in [-0.05, 0) is 41.8 Å². The summed E-state index contributed by atoms with van der Waals surface area (Å²) in [5, 5.41) is 5.01. The zero-order valence-corrected chi connectivity index (χ0v) is 16.4. The van der Waals surface area contributed by atoms with Gasteiger partial charge in [0.1, 0.15) is 0 Å². The van der Waals surface area contributed by atoms with Crippen LogP contribution in [0.25, 0.3) is 10.8 Å². The molecule has 3 aromatic rings. The average Bonchev–Trinajstić information content (AvgIpc) is 2.67. The fraction of sp³-hybridized carbons (Fsp3) is 0.217. The second kappa shape index (κ2) is 8.87. The molecule has 1 atom stereocenters. The standard InChI is InChI=1S/C23H23NO2S/c1-16(27-22-12-11-19-5-3-4-6-21(19)15-22)23(26)20-9-7-18(8-10-20)13-14-24-17(2)25/h3-12,15-16H,13-14H2,1-2H3,(H,24,25). The molecule has 4 heteroatoms. The fourth-order valence-corrected chi connectivity index (χ4v) is 3.94. The van der Waals surface area contributed by atoms with Crippen LogP contribution < -0.4 is 5.32 Å². The topological polar surface area (TPSA) is 46.2 Å². The second-order valence-corrected chi connectivity index (χ2v) is 7.98. The summed E-state index contributed by atoms with van der Waals surface area (Å²) in [6.45, 7) is 4.07. The minimum Gasteiger partial charge on any atom is -0.356 e. The molecule has 3 aromatic carbocycles. The summed E-state index contributed by atoms with van der Waals surface area (Å²) in [4.78, 5) is 24.8. The Morgan fingerprint density at radius 2 is 1.67 bits per heavy atom. The SMILES string of the molecule is CC(=O)NCCc1ccc(C(=O)C(C)Sc2ccc3ccccc3c2)cc1. The van der Waals surface area contributed by atoms with Crippen molar-refractivity contribution < 1.29 is 9.59 Å². The van der Waals surface area contributed by atoms with Crippen LogP contribution in [0.4, 0.5) is 0 Å². The van der Waals surface area contributed by atoms with E-state index in [2.05, 4.69) is 35.6 Å². The summed E-state index contributed by atoms with van der Waals surface area (Å²) < 4.78 is 0. The Kier molecular flexibility index (Phi) is 6.30. The largest absolute Gasteiger partial charge is 0.356 e. The molecule has 1 amide bonds. The van der Waals surface area contributed by atoms with E-state index < -0.39 is 0 Å². The number of carbonyl (C=O) groups excluding carboxylic acids is 2. The highest BCUT2D eigenvalue weighted by Gasteiger charge is 2.16. The van der Waals surface area contributed by atoms with Crippen molar-refractivity contribution in [1.82, 2.24) is 5.32 Å². The van der Waals surface area contributed by atoms with E-state index in [1.807, 2.05) is 43.3 Å². The van der Waals surface area contributed by atoms with Gasteiger partial charge in [0.15, 0.2) is 5.78 Å². The van der Waals surface area contributed by atoms with E-state index in [0.717, 1.165) is 22.4 Å². The summed E-state index contributed by atoms with van der Waals surface area (Å²) in [7, 11) is 0. The molecular formula is C23H23NO2S. The van der Waals surface area contributed by atoms with Gasteiger partial charge in [-0.1, -0.05) is 54.6 Å². The Labute approximate surface area is 164 Å². The summed E-state index contributed by atoms with van der Waals surface area (Å²) in [5.74, 6) is 0.0999. The minimum atomic E-state index is -0.156. The Morgan fingerprint density at radius 1 is 0.963 bits per heavy atom. The van der Waals surface area contributed by atoms with Crippen molar-refractivity contribution >= 4 is 34.2 Å². The first-order valence-corrected chi connectivity index (χ1v) is 9.94. The normalized spacial score (nSPS) is 11.9. The molecule has 0 bridgehead atoms. The monoisotopic (exact) mass is 377 g/mol. The molecule has 3 nitrogen and oxygen atoms in total. The van der Waals surface area contributed by atoms with E-state index >= 15 is 0 Å². The predicted octanol–water partition coefficient (Wildman–Crippen LogP) is 4.88. The number of ketones is 1. The number of thioether (sulfide) groups is 1. The number of benzene rings is 3. The Bertz CT molecular complexity index is 950. The van der Waals surface area contributed by atoms with Crippen LogP contribution in [-0.4, -0.2) is 23.5 Å². The molecule has 0 aliphatic heterocycles. The lowest BCUT2D eigenvalue weighted by Gasteiger charge is -2.12. The highest BCUT2D eigenvalue weighted by molar-refractivity contribution is 8.00. The third-order valence-corrected chi connectivity index (χ3v) is 5.52. The van der Waals surface area contributed by atoms with E-state index in [-0.39, 0.29) is 16.9 Å². The molecule has 0 aromatic heterocycles. The van der Waals surface area contributed by atoms with Crippen LogP contribution in [0.15, 0.2) is 71.6 Å². The smallest absolute Gasteiger partial charge is 0.216 e. The van der Waals surface area contributed by atoms with Gasteiger partial charge in [0.2, 0.25) is 5.91 Å². The maximum atomic E-state index is 12.7. The average molecular weight is 378 g/mol. The van der Waals surface area contributed by atoms with Gasteiger partial charge in [0.05, 0.1) is 5.25 Å². The summed E-state index contributed by atoms with van der Waals surface area (Å²) in [6, 6.07) is 22.2. The molecule has 0 aliphatic carbocycles. The number of rotatable bonds is 7. The molecule has 0 fully saturated rings. The molecule has 0 saturated heterocycles. The van der Waals surface area contributed by atoms with Crippen molar-refractivity contribution in [3.63, 3.8) is 0 Å². The van der Waals surface area contributed by atoms with Gasteiger partial charge >= 0.3 is 0 Å². The molecule has 0 heterocycles. The van der Waals surface area contributed by atoms with E-state index in [1.54, 1.807) is 11.8 Å². The maximum Gasteiger partial charge on any atom is 0.216 e. The van der Waals surface area contributed by atoms with Gasteiger partial charge in [0.25, 0.3) is 0 Å². The van der Waals surface area contributed by atoms with Crippen molar-refractivity contribution in [3.8, 4) is 0 Å². The molecule has 1 unspecified atom stereocenters. The number of fused-ring (bicyclic) bond motifs is 1. The first-order valence-electron chi connectivity index (χ1n) is 9.06. The van der Waals surface area contributed by atoms with E-state index in [1.165, 1.54) is 17.7 Å². The summed E-state index contributed by atoms with van der Waals surface area (Å²) in [5.41, 5.74) is 1.83. The fourth-order valence-electron chi connectivity index (χ4n) is 2.95. The van der Waals surface area contributed by atoms with Gasteiger partial charge in [-0.2, -0.15) is 0 Å². The van der Waals surface area contributed by atoms with Crippen LogP contribution >= 0.6 is 11.8 Å². The van der Waals surface area contributed by atoms with Crippen LogP contribution in [0, 0.1) is 0 Å². The molecule has 1 N–H and O–H groups in total. The molecule has 27 heavy (non-hydrogen) atoms. The van der Waals surface area contributed by atoms with Crippen LogP contribution in [0.2, 0.25) is 0 Å². The zero-order chi connectivity index (χ0) is 19.2. The van der Waals surface area contributed by atoms with Crippen LogP contribution in [-0.2, 0) is 11.2 Å². The molecule has 3 rings (SSSR count). The second-order valence-electron chi connectivity index (χ2n) is 6.56. The van der Waals surface area contributed by atoms with Crippen molar-refractivity contribution in [2.45, 2.75) is 30.4 Å². The summed E-state index contributed by atoms with van der Waals surface area (Å²) >= 11 is 1.59. The maximum absolute atomic E-state index is 12.7. The minimum absolute atomic E-state index is 0.0265. The van der Waals surface area contributed by atoms with Gasteiger partial charge in [-0.25, -0.2) is 0 Å². The quantitative estimate of drug-likeness (QED) is 0.471. The molecule has 0 aliphatic rings. The number of amides is 1. The van der Waals surface area contributed by atoms with Crippen LogP contribution in [0.3, 0.4) is 0 Å². The Balaban J connectivity index is 1.62. The van der Waals surface area contributed by atoms with Crippen molar-refractivity contribution in [3.05, 3.63) is 77.9 Å². The highest BCUT2D eigenvalue weighted by Crippen LogP contribution is 2.28. The molecule has 0 saturated carbocycles. The lowest BCUT2D eigenvalue weighted by molar-refractivity contribution is -0.118. The first-order chi connectivity index (χ1) is 13.0. The molecule has 0 radical (unpaired) electrons. The van der Waals surface area contributed by atoms with E-state index in [4.69, 9.17) is 0 Å². The van der Waals surface area contributed by atoms with Gasteiger partial charge in [0, 0.05) is 23.9 Å². The number of hydrogen-bond donors (Lipinski definition) is 1. The van der Waals surface area contributed by atoms with Gasteiger partial charge < -0.3 is 5.32 Å².